The summed E-state index contributed by atoms with van der Waals surface area (Å²) in [6.07, 6.45) is 2.74. The average Bonchev–Trinajstić information content (AvgIpc) is 2.51. The van der Waals surface area contributed by atoms with Crippen LogP contribution in [0.1, 0.15) is 37.3 Å². The van der Waals surface area contributed by atoms with E-state index in [4.69, 9.17) is 8.92 Å². The summed E-state index contributed by atoms with van der Waals surface area (Å²) in [5, 5.41) is 0. The van der Waals surface area contributed by atoms with Crippen molar-refractivity contribution in [1.29, 1.82) is 0 Å². The fourth-order valence-corrected chi connectivity index (χ4v) is 2.98. The fourth-order valence-electron chi connectivity index (χ4n) is 2.25. The van der Waals surface area contributed by atoms with Gasteiger partial charge in [0.1, 0.15) is 5.75 Å². The minimum absolute atomic E-state index is 0.230. The molecule has 136 valence electrons. The smallest absolute Gasteiger partial charge is 0.305 e. The molecule has 0 spiro atoms. The first kappa shape index (κ1) is 20.4. The van der Waals surface area contributed by atoms with Crippen molar-refractivity contribution in [2.75, 3.05) is 20.0 Å². The van der Waals surface area contributed by atoms with Gasteiger partial charge in [-0.3, -0.25) is 8.98 Å². The molecule has 0 fully saturated rings. The van der Waals surface area contributed by atoms with Crippen molar-refractivity contribution in [2.45, 2.75) is 45.6 Å². The minimum Gasteiger partial charge on any atom is -0.493 e. The second-order valence-electron chi connectivity index (χ2n) is 5.63. The molecule has 24 heavy (non-hydrogen) atoms. The Morgan fingerprint density at radius 3 is 2.54 bits per heavy atom. The molecule has 0 saturated carbocycles. The maximum Gasteiger partial charge on any atom is 0.305 e. The van der Waals surface area contributed by atoms with Crippen LogP contribution in [0.4, 0.5) is 0 Å². The Kier molecular flexibility index (Phi) is 8.21. The average molecular weight is 358 g/mol. The van der Waals surface area contributed by atoms with E-state index < -0.39 is 10.1 Å². The van der Waals surface area contributed by atoms with Gasteiger partial charge in [-0.2, -0.15) is 8.42 Å². The molecule has 0 aliphatic carbocycles. The first-order valence-electron chi connectivity index (χ1n) is 7.92. The SMILES string of the molecule is CC[C@@H](CCOc1ccc(CCC(=O)OC)c(C)c1)OS(C)(=O)=O. The summed E-state index contributed by atoms with van der Waals surface area (Å²) in [4.78, 5) is 11.2. The van der Waals surface area contributed by atoms with Gasteiger partial charge in [0.25, 0.3) is 10.1 Å². The number of carbonyl (C=O) groups is 1. The van der Waals surface area contributed by atoms with Gasteiger partial charge < -0.3 is 9.47 Å². The van der Waals surface area contributed by atoms with Crippen LogP contribution >= 0.6 is 0 Å². The molecule has 0 saturated heterocycles. The van der Waals surface area contributed by atoms with Crippen LogP contribution in [0, 0.1) is 6.92 Å². The van der Waals surface area contributed by atoms with Crippen LogP contribution in [0.2, 0.25) is 0 Å². The number of methoxy groups -OCH3 is 1. The van der Waals surface area contributed by atoms with Gasteiger partial charge in [0, 0.05) is 12.8 Å². The predicted octanol–water partition coefficient (Wildman–Crippen LogP) is 2.62. The van der Waals surface area contributed by atoms with E-state index in [0.717, 1.165) is 17.4 Å². The van der Waals surface area contributed by atoms with Crippen molar-refractivity contribution in [3.63, 3.8) is 0 Å². The number of hydrogen-bond donors (Lipinski definition) is 0. The van der Waals surface area contributed by atoms with Gasteiger partial charge in [0.15, 0.2) is 0 Å². The maximum absolute atomic E-state index is 11.2. The van der Waals surface area contributed by atoms with Crippen LogP contribution in [0.25, 0.3) is 0 Å². The van der Waals surface area contributed by atoms with Crippen LogP contribution in [0.5, 0.6) is 5.75 Å². The van der Waals surface area contributed by atoms with Gasteiger partial charge >= 0.3 is 5.97 Å². The third-order valence-electron chi connectivity index (χ3n) is 3.61. The molecule has 0 amide bonds. The summed E-state index contributed by atoms with van der Waals surface area (Å²) in [6.45, 7) is 4.20. The van der Waals surface area contributed by atoms with Crippen molar-refractivity contribution in [3.05, 3.63) is 29.3 Å². The van der Waals surface area contributed by atoms with Crippen molar-refractivity contribution in [2.24, 2.45) is 0 Å². The monoisotopic (exact) mass is 358 g/mol. The summed E-state index contributed by atoms with van der Waals surface area (Å²) < 4.78 is 37.6. The molecule has 1 aromatic carbocycles. The van der Waals surface area contributed by atoms with Crippen LogP contribution in [-0.2, 0) is 30.3 Å². The third kappa shape index (κ3) is 7.79. The van der Waals surface area contributed by atoms with E-state index in [1.165, 1.54) is 7.11 Å². The molecule has 0 aliphatic rings. The topological polar surface area (TPSA) is 78.9 Å². The molecule has 0 aromatic heterocycles. The zero-order valence-electron chi connectivity index (χ0n) is 14.7. The quantitative estimate of drug-likeness (QED) is 0.472. The highest BCUT2D eigenvalue weighted by Crippen LogP contribution is 2.19. The van der Waals surface area contributed by atoms with Crippen LogP contribution in [0.15, 0.2) is 18.2 Å². The molecule has 0 radical (unpaired) electrons. The van der Waals surface area contributed by atoms with Crippen molar-refractivity contribution < 1.29 is 26.9 Å². The molecule has 0 bridgehead atoms. The van der Waals surface area contributed by atoms with Gasteiger partial charge in [0.2, 0.25) is 0 Å². The Labute approximate surface area is 144 Å². The molecule has 7 heteroatoms. The first-order valence-corrected chi connectivity index (χ1v) is 9.74. The highest BCUT2D eigenvalue weighted by atomic mass is 32.2. The van der Waals surface area contributed by atoms with E-state index in [1.807, 2.05) is 32.0 Å². The molecular formula is C17H26O6S. The maximum atomic E-state index is 11.2. The lowest BCUT2D eigenvalue weighted by molar-refractivity contribution is -0.140. The lowest BCUT2D eigenvalue weighted by Gasteiger charge is -2.15. The molecule has 0 N–H and O–H groups in total. The van der Waals surface area contributed by atoms with E-state index in [0.29, 0.717) is 38.0 Å². The summed E-state index contributed by atoms with van der Waals surface area (Å²) in [7, 11) is -2.07. The standard InChI is InChI=1S/C17H26O6S/c1-5-15(23-24(4,19)20)10-11-22-16-8-6-14(13(2)12-16)7-9-17(18)21-3/h6,8,12,15H,5,7,9-11H2,1-4H3/t15-/m0/s1. The summed E-state index contributed by atoms with van der Waals surface area (Å²) in [6, 6.07) is 5.68. The number of aryl methyl sites for hydroxylation is 2. The van der Waals surface area contributed by atoms with E-state index in [2.05, 4.69) is 4.74 Å². The second kappa shape index (κ2) is 9.64. The number of esters is 1. The Morgan fingerprint density at radius 1 is 1.29 bits per heavy atom. The van der Waals surface area contributed by atoms with E-state index >= 15 is 0 Å². The second-order valence-corrected chi connectivity index (χ2v) is 7.23. The number of benzene rings is 1. The minimum atomic E-state index is -3.45. The zero-order valence-corrected chi connectivity index (χ0v) is 15.5. The normalized spacial score (nSPS) is 12.7. The van der Waals surface area contributed by atoms with E-state index in [-0.39, 0.29) is 12.1 Å². The highest BCUT2D eigenvalue weighted by molar-refractivity contribution is 7.86. The summed E-state index contributed by atoms with van der Waals surface area (Å²) in [5.74, 6) is 0.481. The molecule has 6 nitrogen and oxygen atoms in total. The molecule has 0 heterocycles. The molecule has 1 rings (SSSR count). The van der Waals surface area contributed by atoms with Gasteiger partial charge in [-0.25, -0.2) is 0 Å². The Hall–Kier alpha value is -1.60. The summed E-state index contributed by atoms with van der Waals surface area (Å²) >= 11 is 0. The zero-order chi connectivity index (χ0) is 18.2. The van der Waals surface area contributed by atoms with Crippen molar-refractivity contribution in [3.8, 4) is 5.75 Å². The Balaban J connectivity index is 2.51. The number of carbonyl (C=O) groups excluding carboxylic acids is 1. The van der Waals surface area contributed by atoms with Crippen LogP contribution in [0.3, 0.4) is 0 Å². The van der Waals surface area contributed by atoms with Crippen molar-refractivity contribution >= 4 is 16.1 Å². The van der Waals surface area contributed by atoms with Gasteiger partial charge in [-0.05, 0) is 43.0 Å². The van der Waals surface area contributed by atoms with E-state index in [1.54, 1.807) is 0 Å². The molecule has 1 atom stereocenters. The number of rotatable bonds is 10. The number of hydrogen-bond acceptors (Lipinski definition) is 6. The molecular weight excluding hydrogens is 332 g/mol. The fraction of sp³-hybridized carbons (Fsp3) is 0.588. The number of ether oxygens (including phenoxy) is 2. The molecule has 0 unspecified atom stereocenters. The van der Waals surface area contributed by atoms with Crippen molar-refractivity contribution in [1.82, 2.24) is 0 Å². The van der Waals surface area contributed by atoms with Gasteiger partial charge in [-0.15, -0.1) is 0 Å². The Morgan fingerprint density at radius 2 is 2.00 bits per heavy atom. The molecule has 1 aromatic rings. The van der Waals surface area contributed by atoms with Gasteiger partial charge in [0.05, 0.1) is 26.1 Å². The first-order chi connectivity index (χ1) is 11.2. The Bertz CT molecular complexity index is 638. The lowest BCUT2D eigenvalue weighted by Crippen LogP contribution is -2.19. The largest absolute Gasteiger partial charge is 0.493 e. The van der Waals surface area contributed by atoms with Crippen LogP contribution < -0.4 is 4.74 Å². The lowest BCUT2D eigenvalue weighted by atomic mass is 10.0. The predicted molar refractivity (Wildman–Crippen MR) is 91.6 cm³/mol. The van der Waals surface area contributed by atoms with Crippen LogP contribution in [-0.4, -0.2) is 40.5 Å². The summed E-state index contributed by atoms with van der Waals surface area (Å²) in [5.41, 5.74) is 2.11. The van der Waals surface area contributed by atoms with E-state index in [9.17, 15) is 13.2 Å². The molecule has 0 aliphatic heterocycles. The third-order valence-corrected chi connectivity index (χ3v) is 4.24. The highest BCUT2D eigenvalue weighted by Gasteiger charge is 2.14. The van der Waals surface area contributed by atoms with Gasteiger partial charge in [-0.1, -0.05) is 13.0 Å².